The molecule has 3 fully saturated rings. The molecule has 3 saturated carbocycles. The van der Waals surface area contributed by atoms with Crippen LogP contribution in [0.3, 0.4) is 0 Å². The van der Waals surface area contributed by atoms with Gasteiger partial charge in [0, 0.05) is 36.8 Å². The van der Waals surface area contributed by atoms with E-state index < -0.39 is 0 Å². The number of aromatic nitrogens is 2. The van der Waals surface area contributed by atoms with Gasteiger partial charge in [0.15, 0.2) is 0 Å². The van der Waals surface area contributed by atoms with E-state index in [2.05, 4.69) is 36.5 Å². The molecule has 9 heteroatoms. The van der Waals surface area contributed by atoms with Gasteiger partial charge in [-0.3, -0.25) is 9.69 Å². The summed E-state index contributed by atoms with van der Waals surface area (Å²) in [5, 5.41) is 4.02. The number of aryl methyl sites for hydroxylation is 1. The molecule has 8 nitrogen and oxygen atoms in total. The number of alkyl carbamates (subject to hydrolysis) is 1. The third kappa shape index (κ3) is 7.91. The molecule has 0 radical (unpaired) electrons. The predicted octanol–water partition coefficient (Wildman–Crippen LogP) is 8.40. The zero-order valence-corrected chi connectivity index (χ0v) is 28.5. The second-order valence-corrected chi connectivity index (χ2v) is 14.9. The molecule has 0 atom stereocenters. The van der Waals surface area contributed by atoms with Gasteiger partial charge in [-0.2, -0.15) is 0 Å². The average molecular weight is 645 g/mol. The van der Waals surface area contributed by atoms with Crippen molar-refractivity contribution in [1.82, 2.24) is 15.3 Å². The van der Waals surface area contributed by atoms with Crippen molar-refractivity contribution in [2.75, 3.05) is 18.6 Å². The van der Waals surface area contributed by atoms with E-state index in [1.165, 1.54) is 29.0 Å². The van der Waals surface area contributed by atoms with Crippen LogP contribution >= 0.6 is 11.3 Å². The van der Waals surface area contributed by atoms with Gasteiger partial charge in [0.05, 0.1) is 17.0 Å². The lowest BCUT2D eigenvalue weighted by Gasteiger charge is -2.35. The average Bonchev–Trinajstić information content (AvgIpc) is 3.79. The molecular formula is C37H48N4O4S. The minimum atomic E-state index is -0.374. The summed E-state index contributed by atoms with van der Waals surface area (Å²) in [6.07, 6.45) is 12.9. The highest BCUT2D eigenvalue weighted by atomic mass is 32.1. The number of anilines is 1. The number of ether oxygens (including phenoxy) is 2. The standard InChI is InChI=1S/C37H48N4O4S/c1-23(2)40-37(43)45-31-14-11-28(12-15-31)36(42)41(34-20-30(17-18-38-34)33-21-39-35(46-33)27-9-10-27)22-25-5-7-26(8-6-25)29-13-16-32(44-4)24(3)19-29/h13,16-21,23,25-28,31H,5-12,14-15,22H2,1-4H3,(H,40,43). The molecule has 0 spiro atoms. The van der Waals surface area contributed by atoms with Crippen LogP contribution in [0.15, 0.2) is 42.7 Å². The van der Waals surface area contributed by atoms with Crippen LogP contribution in [0, 0.1) is 18.8 Å². The van der Waals surface area contributed by atoms with Gasteiger partial charge in [-0.05, 0) is 132 Å². The molecule has 2 heterocycles. The van der Waals surface area contributed by atoms with Gasteiger partial charge in [0.1, 0.15) is 17.7 Å². The maximum atomic E-state index is 14.3. The van der Waals surface area contributed by atoms with Gasteiger partial charge in [-0.1, -0.05) is 12.1 Å². The van der Waals surface area contributed by atoms with E-state index in [4.69, 9.17) is 19.4 Å². The summed E-state index contributed by atoms with van der Waals surface area (Å²) < 4.78 is 11.1. The first-order chi connectivity index (χ1) is 22.3. The fourth-order valence-electron chi connectivity index (χ4n) is 7.12. The largest absolute Gasteiger partial charge is 0.496 e. The summed E-state index contributed by atoms with van der Waals surface area (Å²) in [6.45, 7) is 6.62. The molecule has 3 aliphatic rings. The highest BCUT2D eigenvalue weighted by molar-refractivity contribution is 7.15. The van der Waals surface area contributed by atoms with Gasteiger partial charge in [0.2, 0.25) is 5.91 Å². The van der Waals surface area contributed by atoms with Crippen molar-refractivity contribution in [2.24, 2.45) is 11.8 Å². The van der Waals surface area contributed by atoms with E-state index in [0.717, 1.165) is 47.7 Å². The van der Waals surface area contributed by atoms with E-state index in [0.29, 0.717) is 50.0 Å². The summed E-state index contributed by atoms with van der Waals surface area (Å²) in [6, 6.07) is 10.7. The van der Waals surface area contributed by atoms with Crippen molar-refractivity contribution in [2.45, 2.75) is 109 Å². The number of carbonyl (C=O) groups is 2. The van der Waals surface area contributed by atoms with E-state index in [-0.39, 0.29) is 30.1 Å². The Morgan fingerprint density at radius 3 is 2.37 bits per heavy atom. The normalized spacial score (nSPS) is 23.2. The Balaban J connectivity index is 1.16. The zero-order chi connectivity index (χ0) is 32.2. The van der Waals surface area contributed by atoms with E-state index >= 15 is 0 Å². The van der Waals surface area contributed by atoms with E-state index in [1.54, 1.807) is 18.4 Å². The molecule has 0 aliphatic heterocycles. The predicted molar refractivity (Wildman–Crippen MR) is 183 cm³/mol. The number of pyridine rings is 1. The quantitative estimate of drug-likeness (QED) is 0.238. The van der Waals surface area contributed by atoms with Gasteiger partial charge in [-0.25, -0.2) is 14.8 Å². The lowest BCUT2D eigenvalue weighted by molar-refractivity contribution is -0.124. The van der Waals surface area contributed by atoms with E-state index in [9.17, 15) is 9.59 Å². The summed E-state index contributed by atoms with van der Waals surface area (Å²) in [5.74, 6) is 3.25. The molecular weight excluding hydrogens is 596 g/mol. The Morgan fingerprint density at radius 1 is 0.957 bits per heavy atom. The molecule has 46 heavy (non-hydrogen) atoms. The highest BCUT2D eigenvalue weighted by Crippen LogP contribution is 2.44. The Labute approximate surface area is 277 Å². The van der Waals surface area contributed by atoms with E-state index in [1.807, 2.05) is 37.2 Å². The van der Waals surface area contributed by atoms with Crippen LogP contribution in [-0.4, -0.2) is 47.8 Å². The minimum Gasteiger partial charge on any atom is -0.496 e. The maximum Gasteiger partial charge on any atom is 0.407 e. The van der Waals surface area contributed by atoms with Crippen LogP contribution in [-0.2, 0) is 9.53 Å². The number of carbonyl (C=O) groups excluding carboxylic acids is 2. The third-order valence-electron chi connectivity index (χ3n) is 9.90. The van der Waals surface area contributed by atoms with Crippen molar-refractivity contribution in [3.63, 3.8) is 0 Å². The van der Waals surface area contributed by atoms with Gasteiger partial charge in [-0.15, -0.1) is 11.3 Å². The fourth-order valence-corrected chi connectivity index (χ4v) is 8.20. The highest BCUT2D eigenvalue weighted by Gasteiger charge is 2.34. The molecule has 2 amide bonds. The molecule has 0 unspecified atom stereocenters. The van der Waals surface area contributed by atoms with Crippen molar-refractivity contribution < 1.29 is 19.1 Å². The molecule has 6 rings (SSSR count). The number of methoxy groups -OCH3 is 1. The van der Waals surface area contributed by atoms with Crippen molar-refractivity contribution in [3.8, 4) is 16.2 Å². The first kappa shape index (κ1) is 32.5. The number of benzene rings is 1. The molecule has 1 aromatic carbocycles. The zero-order valence-electron chi connectivity index (χ0n) is 27.7. The number of hydrogen-bond donors (Lipinski definition) is 1. The molecule has 1 N–H and O–H groups in total. The molecule has 0 saturated heterocycles. The summed E-state index contributed by atoms with van der Waals surface area (Å²) >= 11 is 1.76. The van der Waals surface area contributed by atoms with Crippen molar-refractivity contribution in [3.05, 3.63) is 58.9 Å². The number of nitrogens with one attached hydrogen (secondary N) is 1. The van der Waals surface area contributed by atoms with Gasteiger partial charge in [0.25, 0.3) is 0 Å². The van der Waals surface area contributed by atoms with Crippen LogP contribution in [0.4, 0.5) is 10.6 Å². The Bertz CT molecular complexity index is 1500. The monoisotopic (exact) mass is 644 g/mol. The number of thiazole rings is 1. The van der Waals surface area contributed by atoms with Gasteiger partial charge < -0.3 is 14.8 Å². The Hall–Kier alpha value is -3.46. The second kappa shape index (κ2) is 14.5. The molecule has 2 aromatic heterocycles. The number of nitrogens with zero attached hydrogens (tertiary/aromatic N) is 3. The minimum absolute atomic E-state index is 0.0304. The van der Waals surface area contributed by atoms with Crippen LogP contribution in [0.2, 0.25) is 0 Å². The van der Waals surface area contributed by atoms with Crippen LogP contribution in [0.1, 0.15) is 106 Å². The molecule has 246 valence electrons. The maximum absolute atomic E-state index is 14.3. The smallest absolute Gasteiger partial charge is 0.407 e. The van der Waals surface area contributed by atoms with Gasteiger partial charge >= 0.3 is 6.09 Å². The lowest BCUT2D eigenvalue weighted by atomic mass is 9.78. The van der Waals surface area contributed by atoms with Crippen LogP contribution in [0.5, 0.6) is 5.75 Å². The first-order valence-corrected chi connectivity index (χ1v) is 17.9. The number of rotatable bonds is 10. The number of hydrogen-bond acceptors (Lipinski definition) is 7. The lowest BCUT2D eigenvalue weighted by Crippen LogP contribution is -2.43. The third-order valence-corrected chi connectivity index (χ3v) is 11.1. The molecule has 3 aromatic rings. The van der Waals surface area contributed by atoms with Crippen LogP contribution < -0.4 is 15.0 Å². The van der Waals surface area contributed by atoms with Crippen LogP contribution in [0.25, 0.3) is 10.4 Å². The summed E-state index contributed by atoms with van der Waals surface area (Å²) in [7, 11) is 1.72. The first-order valence-electron chi connectivity index (χ1n) is 17.1. The molecule has 3 aliphatic carbocycles. The summed E-state index contributed by atoms with van der Waals surface area (Å²) in [5.41, 5.74) is 3.63. The number of amides is 2. The Kier molecular flexibility index (Phi) is 10.3. The molecule has 0 bridgehead atoms. The Morgan fingerprint density at radius 2 is 1.70 bits per heavy atom. The van der Waals surface area contributed by atoms with Crippen molar-refractivity contribution >= 4 is 29.2 Å². The summed E-state index contributed by atoms with van der Waals surface area (Å²) in [4.78, 5) is 39.1. The topological polar surface area (TPSA) is 93.6 Å². The van der Waals surface area contributed by atoms with Crippen molar-refractivity contribution in [1.29, 1.82) is 0 Å². The fraction of sp³-hybridized carbons (Fsp3) is 0.568. The second-order valence-electron chi connectivity index (χ2n) is 13.8. The SMILES string of the molecule is COc1ccc(C2CCC(CN(C(=O)C3CCC(OC(=O)NC(C)C)CC3)c3cc(-c4cnc(C5CC5)s4)ccn3)CC2)cc1C.